The number of H-pyrrole nitrogens is 1. The number of rotatable bonds is 4. The summed E-state index contributed by atoms with van der Waals surface area (Å²) in [5, 5.41) is 1.78. The Morgan fingerprint density at radius 1 is 1.21 bits per heavy atom. The number of carbonyl (C=O) groups excluding carboxylic acids is 1. The van der Waals surface area contributed by atoms with Crippen molar-refractivity contribution in [3.05, 3.63) is 67.4 Å². The highest BCUT2D eigenvalue weighted by Crippen LogP contribution is 2.16. The van der Waals surface area contributed by atoms with Gasteiger partial charge in [-0.15, -0.1) is 11.3 Å². The molecule has 0 amide bonds. The Kier molecular flexibility index (Phi) is 4.52. The second kappa shape index (κ2) is 7.01. The fourth-order valence-corrected chi connectivity index (χ4v) is 3.75. The number of aromatic nitrogens is 4. The number of benzene rings is 1. The maximum atomic E-state index is 12.4. The Balaban J connectivity index is 1.60. The van der Waals surface area contributed by atoms with Gasteiger partial charge in [-0.25, -0.2) is 14.8 Å². The third-order valence-corrected chi connectivity index (χ3v) is 5.27. The summed E-state index contributed by atoms with van der Waals surface area (Å²) >= 11 is 1.30. The molecule has 0 fully saturated rings. The SMILES string of the molecule is CCn1c(=O)c(C)nc2cc(C(=O)OCc3nc4ccsc4c(=O)[nH]3)ccc21. The summed E-state index contributed by atoms with van der Waals surface area (Å²) in [6, 6.07) is 6.60. The Hall–Kier alpha value is -3.33. The molecule has 8 nitrogen and oxygen atoms in total. The molecule has 4 rings (SSSR count). The summed E-state index contributed by atoms with van der Waals surface area (Å²) in [6.45, 7) is 3.87. The van der Waals surface area contributed by atoms with E-state index in [1.807, 2.05) is 6.92 Å². The molecule has 1 N–H and O–H groups in total. The standard InChI is InChI=1S/C19H16N4O4S/c1-3-23-14-5-4-11(8-13(14)20-10(2)18(23)25)19(26)27-9-15-21-12-6-7-28-16(12)17(24)22-15/h4-8H,3,9H2,1-2H3,(H,21,22,24). The number of ether oxygens (including phenoxy) is 1. The number of aryl methyl sites for hydroxylation is 2. The van der Waals surface area contributed by atoms with Crippen LogP contribution in [0.3, 0.4) is 0 Å². The van der Waals surface area contributed by atoms with E-state index >= 15 is 0 Å². The number of thiophene rings is 1. The minimum Gasteiger partial charge on any atom is -0.454 e. The van der Waals surface area contributed by atoms with Crippen LogP contribution >= 0.6 is 11.3 Å². The molecule has 3 aromatic heterocycles. The van der Waals surface area contributed by atoms with Crippen molar-refractivity contribution in [2.75, 3.05) is 0 Å². The van der Waals surface area contributed by atoms with Crippen molar-refractivity contribution in [2.45, 2.75) is 27.0 Å². The molecule has 0 bridgehead atoms. The Morgan fingerprint density at radius 3 is 2.82 bits per heavy atom. The number of aromatic amines is 1. The number of nitrogens with one attached hydrogen (secondary N) is 1. The predicted octanol–water partition coefficient (Wildman–Crippen LogP) is 2.38. The number of esters is 1. The lowest BCUT2D eigenvalue weighted by Gasteiger charge is -2.10. The van der Waals surface area contributed by atoms with Crippen molar-refractivity contribution in [2.24, 2.45) is 0 Å². The van der Waals surface area contributed by atoms with Crippen LogP contribution in [-0.2, 0) is 17.9 Å². The van der Waals surface area contributed by atoms with Crippen molar-refractivity contribution in [3.8, 4) is 0 Å². The van der Waals surface area contributed by atoms with E-state index in [-0.39, 0.29) is 23.5 Å². The quantitative estimate of drug-likeness (QED) is 0.531. The summed E-state index contributed by atoms with van der Waals surface area (Å²) < 4.78 is 7.43. The van der Waals surface area contributed by atoms with Gasteiger partial charge in [0.1, 0.15) is 22.8 Å². The van der Waals surface area contributed by atoms with E-state index in [0.29, 0.717) is 39.1 Å². The molecule has 0 saturated heterocycles. The van der Waals surface area contributed by atoms with Crippen LogP contribution < -0.4 is 11.1 Å². The first kappa shape index (κ1) is 18.1. The third-order valence-electron chi connectivity index (χ3n) is 4.36. The lowest BCUT2D eigenvalue weighted by Crippen LogP contribution is -2.23. The summed E-state index contributed by atoms with van der Waals surface area (Å²) in [5.74, 6) is -0.289. The van der Waals surface area contributed by atoms with Crippen molar-refractivity contribution in [1.82, 2.24) is 19.5 Å². The van der Waals surface area contributed by atoms with Crippen molar-refractivity contribution < 1.29 is 9.53 Å². The molecule has 142 valence electrons. The lowest BCUT2D eigenvalue weighted by molar-refractivity contribution is 0.0462. The number of carbonyl (C=O) groups is 1. The topological polar surface area (TPSA) is 107 Å². The molecule has 0 aliphatic carbocycles. The molecule has 0 saturated carbocycles. The lowest BCUT2D eigenvalue weighted by atomic mass is 10.2. The largest absolute Gasteiger partial charge is 0.454 e. The minimum absolute atomic E-state index is 0.149. The van der Waals surface area contributed by atoms with Crippen LogP contribution in [0.25, 0.3) is 21.3 Å². The highest BCUT2D eigenvalue weighted by atomic mass is 32.1. The summed E-state index contributed by atoms with van der Waals surface area (Å²) in [5.41, 5.74) is 2.04. The third kappa shape index (κ3) is 3.09. The van der Waals surface area contributed by atoms with Gasteiger partial charge in [0.2, 0.25) is 0 Å². The summed E-state index contributed by atoms with van der Waals surface area (Å²) in [6.07, 6.45) is 0. The van der Waals surface area contributed by atoms with E-state index < -0.39 is 5.97 Å². The molecular formula is C19H16N4O4S. The van der Waals surface area contributed by atoms with E-state index in [1.54, 1.807) is 41.1 Å². The molecule has 9 heteroatoms. The summed E-state index contributed by atoms with van der Waals surface area (Å²) in [7, 11) is 0. The Bertz CT molecular complexity index is 1340. The number of fused-ring (bicyclic) bond motifs is 2. The first-order valence-electron chi connectivity index (χ1n) is 8.62. The van der Waals surface area contributed by atoms with Crippen LogP contribution in [0.4, 0.5) is 0 Å². The monoisotopic (exact) mass is 396 g/mol. The van der Waals surface area contributed by atoms with Gasteiger partial charge in [-0.1, -0.05) is 0 Å². The van der Waals surface area contributed by atoms with Gasteiger partial charge in [-0.05, 0) is 43.5 Å². The molecule has 4 aromatic rings. The van der Waals surface area contributed by atoms with E-state index in [0.717, 1.165) is 0 Å². The molecule has 28 heavy (non-hydrogen) atoms. The second-order valence-electron chi connectivity index (χ2n) is 6.17. The van der Waals surface area contributed by atoms with Crippen molar-refractivity contribution in [3.63, 3.8) is 0 Å². The zero-order valence-corrected chi connectivity index (χ0v) is 16.0. The van der Waals surface area contributed by atoms with E-state index in [9.17, 15) is 14.4 Å². The predicted molar refractivity (Wildman–Crippen MR) is 106 cm³/mol. The van der Waals surface area contributed by atoms with Crippen LogP contribution in [0.2, 0.25) is 0 Å². The smallest absolute Gasteiger partial charge is 0.338 e. The number of hydrogen-bond donors (Lipinski definition) is 1. The first-order chi connectivity index (χ1) is 13.5. The van der Waals surface area contributed by atoms with Crippen LogP contribution in [0.5, 0.6) is 0 Å². The average Bonchev–Trinajstić information content (AvgIpc) is 3.16. The van der Waals surface area contributed by atoms with Gasteiger partial charge in [-0.2, -0.15) is 0 Å². The van der Waals surface area contributed by atoms with Crippen molar-refractivity contribution >= 4 is 38.6 Å². The Morgan fingerprint density at radius 2 is 2.04 bits per heavy atom. The van der Waals surface area contributed by atoms with Gasteiger partial charge in [-0.3, -0.25) is 9.59 Å². The molecule has 3 heterocycles. The van der Waals surface area contributed by atoms with Gasteiger partial charge in [0.25, 0.3) is 11.1 Å². The van der Waals surface area contributed by atoms with Gasteiger partial charge in [0.05, 0.1) is 22.1 Å². The van der Waals surface area contributed by atoms with Crippen LogP contribution in [-0.4, -0.2) is 25.5 Å². The molecule has 0 unspecified atom stereocenters. The highest BCUT2D eigenvalue weighted by molar-refractivity contribution is 7.17. The van der Waals surface area contributed by atoms with Gasteiger partial charge in [0, 0.05) is 6.54 Å². The number of hydrogen-bond acceptors (Lipinski definition) is 7. The van der Waals surface area contributed by atoms with Gasteiger partial charge in [0.15, 0.2) is 0 Å². The zero-order chi connectivity index (χ0) is 19.8. The highest BCUT2D eigenvalue weighted by Gasteiger charge is 2.13. The van der Waals surface area contributed by atoms with E-state index in [2.05, 4.69) is 15.0 Å². The van der Waals surface area contributed by atoms with Gasteiger partial charge < -0.3 is 14.3 Å². The van der Waals surface area contributed by atoms with E-state index in [1.165, 1.54) is 11.3 Å². The summed E-state index contributed by atoms with van der Waals surface area (Å²) in [4.78, 5) is 47.8. The average molecular weight is 396 g/mol. The molecule has 1 aromatic carbocycles. The van der Waals surface area contributed by atoms with Crippen LogP contribution in [0.1, 0.15) is 28.8 Å². The zero-order valence-electron chi connectivity index (χ0n) is 15.2. The van der Waals surface area contributed by atoms with Gasteiger partial charge >= 0.3 is 5.97 Å². The maximum absolute atomic E-state index is 12.4. The van der Waals surface area contributed by atoms with Crippen molar-refractivity contribution in [1.29, 1.82) is 0 Å². The number of nitrogens with zero attached hydrogens (tertiary/aromatic N) is 3. The minimum atomic E-state index is -0.566. The fourth-order valence-electron chi connectivity index (χ4n) is 3.02. The van der Waals surface area contributed by atoms with Crippen LogP contribution in [0, 0.1) is 6.92 Å². The molecule has 0 aliphatic heterocycles. The first-order valence-corrected chi connectivity index (χ1v) is 9.50. The maximum Gasteiger partial charge on any atom is 0.338 e. The molecule has 0 aliphatic rings. The van der Waals surface area contributed by atoms with Crippen LogP contribution in [0.15, 0.2) is 39.2 Å². The molecule has 0 radical (unpaired) electrons. The molecular weight excluding hydrogens is 380 g/mol. The second-order valence-corrected chi connectivity index (χ2v) is 7.09. The fraction of sp³-hybridized carbons (Fsp3) is 0.211. The molecule has 0 spiro atoms. The normalized spacial score (nSPS) is 11.2. The molecule has 0 atom stereocenters. The Labute approximate surface area is 162 Å². The van der Waals surface area contributed by atoms with E-state index in [4.69, 9.17) is 4.74 Å².